The molecule has 4 aromatic rings. The molecule has 30 heavy (non-hydrogen) atoms. The first-order valence-electron chi connectivity index (χ1n) is 11.8. The van der Waals surface area contributed by atoms with E-state index < -0.39 is 0 Å². The molecule has 8 rings (SSSR count). The highest BCUT2D eigenvalue weighted by molar-refractivity contribution is 5.98. The van der Waals surface area contributed by atoms with Gasteiger partial charge in [-0.15, -0.1) is 0 Å². The van der Waals surface area contributed by atoms with Crippen LogP contribution in [0.2, 0.25) is 0 Å². The maximum Gasteiger partial charge on any atom is 0.148 e. The second-order valence-corrected chi connectivity index (χ2v) is 11.4. The van der Waals surface area contributed by atoms with Crippen molar-refractivity contribution in [2.45, 2.75) is 82.0 Å². The second kappa shape index (κ2) is 4.90. The van der Waals surface area contributed by atoms with Crippen molar-refractivity contribution >= 4 is 27.6 Å². The predicted octanol–water partition coefficient (Wildman–Crippen LogP) is 6.67. The first-order chi connectivity index (χ1) is 14.5. The molecule has 2 aromatic heterocycles. The van der Waals surface area contributed by atoms with Crippen molar-refractivity contribution < 1.29 is 0 Å². The van der Waals surface area contributed by atoms with Crippen molar-refractivity contribution in [3.63, 3.8) is 0 Å². The molecule has 0 radical (unpaired) electrons. The molecule has 2 unspecified atom stereocenters. The Morgan fingerprint density at radius 2 is 1.43 bits per heavy atom. The Morgan fingerprint density at radius 1 is 0.767 bits per heavy atom. The van der Waals surface area contributed by atoms with E-state index in [1.807, 2.05) is 0 Å². The van der Waals surface area contributed by atoms with Gasteiger partial charge in [0, 0.05) is 10.8 Å². The first kappa shape index (κ1) is 16.3. The molecule has 0 spiro atoms. The van der Waals surface area contributed by atoms with Crippen molar-refractivity contribution in [1.29, 1.82) is 0 Å². The van der Waals surface area contributed by atoms with E-state index in [2.05, 4.69) is 49.4 Å². The Morgan fingerprint density at radius 3 is 2.13 bits per heavy atom. The summed E-state index contributed by atoms with van der Waals surface area (Å²) in [5, 5.41) is 1.25. The summed E-state index contributed by atoms with van der Waals surface area (Å²) in [6, 6.07) is 9.72. The van der Waals surface area contributed by atoms with Crippen LogP contribution in [0.5, 0.6) is 0 Å². The number of rotatable bonds is 0. The minimum Gasteiger partial charge on any atom is -0.279 e. The Hall–Kier alpha value is -2.42. The molecule has 4 aliphatic carbocycles. The van der Waals surface area contributed by atoms with Gasteiger partial charge in [-0.2, -0.15) is 0 Å². The molecule has 0 amide bonds. The minimum absolute atomic E-state index is 0.0416. The number of aromatic nitrogens is 3. The highest BCUT2D eigenvalue weighted by Crippen LogP contribution is 2.60. The van der Waals surface area contributed by atoms with Crippen LogP contribution in [-0.4, -0.2) is 14.4 Å². The highest BCUT2D eigenvalue weighted by Gasteiger charge is 2.45. The normalized spacial score (nSPS) is 28.5. The van der Waals surface area contributed by atoms with E-state index in [4.69, 9.17) is 9.97 Å². The summed E-state index contributed by atoms with van der Waals surface area (Å²) < 4.78 is 2.39. The van der Waals surface area contributed by atoms with Crippen LogP contribution < -0.4 is 0 Å². The topological polar surface area (TPSA) is 30.2 Å². The van der Waals surface area contributed by atoms with E-state index in [-0.39, 0.29) is 5.41 Å². The van der Waals surface area contributed by atoms with Crippen molar-refractivity contribution in [2.75, 3.05) is 0 Å². The fraction of sp³-hybridized carbons (Fsp3) is 0.481. The standard InChI is InChI=1S/C27H27N3/c1-27(2,3)26-29-22-10-18-14-5-4-13(8-14)17(18)9-21(22)25-28-23-11-19-15-6-7-16(15)20(19)12-24(23)30(25)26/h9-16H,4-8H2,1-3H3/t13-,14+,15?,16?/m1/s1. The SMILES string of the molecule is CC(C)(C)c1nc2cc3c(cc2c2nc4cc5c(cc4n12)C1CCC51)[C@@H]1CC[C@H]3C1. The molecule has 4 aliphatic rings. The van der Waals surface area contributed by atoms with E-state index >= 15 is 0 Å². The molecule has 0 N–H and O–H groups in total. The third-order valence-electron chi connectivity index (χ3n) is 8.80. The van der Waals surface area contributed by atoms with Crippen LogP contribution in [0, 0.1) is 0 Å². The lowest BCUT2D eigenvalue weighted by atomic mass is 9.56. The van der Waals surface area contributed by atoms with Crippen LogP contribution in [0.4, 0.5) is 0 Å². The largest absolute Gasteiger partial charge is 0.279 e. The number of imidazole rings is 1. The van der Waals surface area contributed by atoms with Crippen molar-refractivity contribution in [3.05, 3.63) is 52.3 Å². The molecule has 2 heterocycles. The van der Waals surface area contributed by atoms with E-state index in [1.165, 1.54) is 43.0 Å². The third kappa shape index (κ3) is 1.76. The molecular formula is C27H27N3. The van der Waals surface area contributed by atoms with Crippen molar-refractivity contribution in [3.8, 4) is 0 Å². The Kier molecular flexibility index (Phi) is 2.66. The van der Waals surface area contributed by atoms with Crippen LogP contribution in [-0.2, 0) is 5.41 Å². The summed E-state index contributed by atoms with van der Waals surface area (Å²) in [7, 11) is 0. The van der Waals surface area contributed by atoms with Gasteiger partial charge in [-0.25, -0.2) is 9.97 Å². The average molecular weight is 394 g/mol. The summed E-state index contributed by atoms with van der Waals surface area (Å²) >= 11 is 0. The van der Waals surface area contributed by atoms with Gasteiger partial charge in [0.15, 0.2) is 0 Å². The lowest BCUT2D eigenvalue weighted by Crippen LogP contribution is -2.32. The molecule has 150 valence electrons. The van der Waals surface area contributed by atoms with Crippen molar-refractivity contribution in [1.82, 2.24) is 14.4 Å². The molecule has 2 saturated carbocycles. The zero-order chi connectivity index (χ0) is 19.9. The molecule has 2 fully saturated rings. The van der Waals surface area contributed by atoms with Gasteiger partial charge >= 0.3 is 0 Å². The van der Waals surface area contributed by atoms with Gasteiger partial charge in [0.2, 0.25) is 0 Å². The minimum atomic E-state index is -0.0416. The molecule has 3 nitrogen and oxygen atoms in total. The Bertz CT molecular complexity index is 1430. The molecule has 2 aromatic carbocycles. The maximum atomic E-state index is 5.30. The number of hydrogen-bond donors (Lipinski definition) is 0. The zero-order valence-corrected chi connectivity index (χ0v) is 18.0. The summed E-state index contributed by atoms with van der Waals surface area (Å²) in [5.74, 6) is 4.28. The number of benzene rings is 2. The Balaban J connectivity index is 1.52. The molecule has 3 heteroatoms. The Labute approximate surface area is 176 Å². The monoisotopic (exact) mass is 393 g/mol. The number of nitrogens with zero attached hydrogens (tertiary/aromatic N) is 3. The highest BCUT2D eigenvalue weighted by atomic mass is 15.1. The van der Waals surface area contributed by atoms with E-state index in [0.29, 0.717) is 0 Å². The van der Waals surface area contributed by atoms with E-state index in [1.54, 1.807) is 22.3 Å². The van der Waals surface area contributed by atoms with Gasteiger partial charge in [0.1, 0.15) is 11.5 Å². The summed E-state index contributed by atoms with van der Waals surface area (Å²) in [4.78, 5) is 10.5. The van der Waals surface area contributed by atoms with Gasteiger partial charge in [-0.05, 0) is 102 Å². The fourth-order valence-corrected chi connectivity index (χ4v) is 7.16. The number of hydrogen-bond acceptors (Lipinski definition) is 2. The van der Waals surface area contributed by atoms with Gasteiger partial charge < -0.3 is 0 Å². The predicted molar refractivity (Wildman–Crippen MR) is 121 cm³/mol. The average Bonchev–Trinajstić information content (AvgIpc) is 3.38. The first-order valence-corrected chi connectivity index (χ1v) is 11.8. The zero-order valence-electron chi connectivity index (χ0n) is 18.0. The van der Waals surface area contributed by atoms with Gasteiger partial charge in [0.25, 0.3) is 0 Å². The molecule has 0 saturated heterocycles. The van der Waals surface area contributed by atoms with Crippen LogP contribution in [0.3, 0.4) is 0 Å². The van der Waals surface area contributed by atoms with E-state index in [9.17, 15) is 0 Å². The lowest BCUT2D eigenvalue weighted by molar-refractivity contribution is 0.295. The van der Waals surface area contributed by atoms with Gasteiger partial charge in [0.05, 0.1) is 16.6 Å². The second-order valence-electron chi connectivity index (χ2n) is 11.4. The molecular weight excluding hydrogens is 366 g/mol. The van der Waals surface area contributed by atoms with Gasteiger partial charge in [-0.1, -0.05) is 20.8 Å². The molecule has 2 bridgehead atoms. The lowest BCUT2D eigenvalue weighted by Gasteiger charge is -2.48. The quantitative estimate of drug-likeness (QED) is 0.334. The van der Waals surface area contributed by atoms with Crippen LogP contribution >= 0.6 is 0 Å². The molecule has 4 atom stereocenters. The van der Waals surface area contributed by atoms with Crippen LogP contribution in [0.15, 0.2) is 24.3 Å². The summed E-state index contributed by atoms with van der Waals surface area (Å²) in [6.07, 6.45) is 6.79. The van der Waals surface area contributed by atoms with Crippen LogP contribution in [0.25, 0.3) is 27.6 Å². The van der Waals surface area contributed by atoms with Gasteiger partial charge in [-0.3, -0.25) is 4.40 Å². The van der Waals surface area contributed by atoms with Crippen LogP contribution in [0.1, 0.15) is 105 Å². The summed E-state index contributed by atoms with van der Waals surface area (Å²) in [5.41, 5.74) is 10.9. The van der Waals surface area contributed by atoms with Crippen molar-refractivity contribution in [2.24, 2.45) is 0 Å². The maximum absolute atomic E-state index is 5.30. The smallest absolute Gasteiger partial charge is 0.148 e. The summed E-state index contributed by atoms with van der Waals surface area (Å²) in [6.45, 7) is 6.85. The molecule has 0 aliphatic heterocycles. The fourth-order valence-electron chi connectivity index (χ4n) is 7.16. The third-order valence-corrected chi connectivity index (χ3v) is 8.80. The number of fused-ring (bicyclic) bond motifs is 14. The van der Waals surface area contributed by atoms with E-state index in [0.717, 1.165) is 46.2 Å².